The molecule has 0 bridgehead atoms. The Morgan fingerprint density at radius 3 is 2.35 bits per heavy atom. The van der Waals surface area contributed by atoms with Gasteiger partial charge in [-0.05, 0) is 55.3 Å². The Labute approximate surface area is 185 Å². The van der Waals surface area contributed by atoms with Crippen molar-refractivity contribution in [3.05, 3.63) is 63.7 Å². The van der Waals surface area contributed by atoms with Crippen LogP contribution in [0.2, 0.25) is 5.02 Å². The van der Waals surface area contributed by atoms with Crippen molar-refractivity contribution in [1.29, 1.82) is 10.5 Å². The van der Waals surface area contributed by atoms with Gasteiger partial charge in [0, 0.05) is 11.3 Å². The zero-order chi connectivity index (χ0) is 23.1. The summed E-state index contributed by atoms with van der Waals surface area (Å²) in [6, 6.07) is 11.5. The van der Waals surface area contributed by atoms with E-state index >= 15 is 0 Å². The van der Waals surface area contributed by atoms with Gasteiger partial charge in [-0.1, -0.05) is 24.9 Å². The Balaban J connectivity index is 2.32. The molecule has 0 aliphatic rings. The summed E-state index contributed by atoms with van der Waals surface area (Å²) in [6.07, 6.45) is 0.0706. The zero-order valence-corrected chi connectivity index (χ0v) is 17.8. The van der Waals surface area contributed by atoms with Crippen LogP contribution >= 0.6 is 11.6 Å². The molecule has 2 unspecified atom stereocenters. The highest BCUT2D eigenvalue weighted by Gasteiger charge is 2.31. The first kappa shape index (κ1) is 23.8. The minimum atomic E-state index is -1.24. The number of anilines is 1. The van der Waals surface area contributed by atoms with Gasteiger partial charge in [-0.3, -0.25) is 9.59 Å². The van der Waals surface area contributed by atoms with Crippen molar-refractivity contribution >= 4 is 29.1 Å². The van der Waals surface area contributed by atoms with Crippen LogP contribution in [0.4, 0.5) is 5.69 Å². The first-order valence-corrected chi connectivity index (χ1v) is 9.92. The zero-order valence-electron chi connectivity index (χ0n) is 17.1. The fourth-order valence-electron chi connectivity index (χ4n) is 2.97. The molecule has 0 aliphatic heterocycles. The maximum Gasteiger partial charge on any atom is 0.274 e. The number of hydrogen-bond donors (Lipinski definition) is 3. The van der Waals surface area contributed by atoms with E-state index in [2.05, 4.69) is 5.32 Å². The molecule has 31 heavy (non-hydrogen) atoms. The van der Waals surface area contributed by atoms with Crippen LogP contribution in [0.25, 0.3) is 0 Å². The number of rotatable bonds is 7. The molecule has 0 saturated heterocycles. The lowest BCUT2D eigenvalue weighted by atomic mass is 10.0. The number of carbonyl (C=O) groups is 2. The van der Waals surface area contributed by atoms with Gasteiger partial charge in [0.1, 0.15) is 12.1 Å². The minimum Gasteiger partial charge on any atom is -0.391 e. The number of amides is 2. The van der Waals surface area contributed by atoms with Crippen molar-refractivity contribution in [2.24, 2.45) is 5.84 Å². The Morgan fingerprint density at radius 2 is 1.84 bits per heavy atom. The summed E-state index contributed by atoms with van der Waals surface area (Å²) in [7, 11) is 0. The van der Waals surface area contributed by atoms with Gasteiger partial charge in [-0.15, -0.1) is 0 Å². The van der Waals surface area contributed by atoms with Crippen LogP contribution in [-0.4, -0.2) is 34.1 Å². The summed E-state index contributed by atoms with van der Waals surface area (Å²) in [5.41, 5.74) is 1.86. The van der Waals surface area contributed by atoms with E-state index in [1.165, 1.54) is 37.3 Å². The van der Waals surface area contributed by atoms with Crippen LogP contribution in [0.1, 0.15) is 47.3 Å². The van der Waals surface area contributed by atoms with Crippen LogP contribution in [0.15, 0.2) is 36.4 Å². The lowest BCUT2D eigenvalue weighted by molar-refractivity contribution is -0.131. The Bertz CT molecular complexity index is 1050. The Morgan fingerprint density at radius 1 is 1.19 bits per heavy atom. The third-order valence-electron chi connectivity index (χ3n) is 4.64. The van der Waals surface area contributed by atoms with Crippen LogP contribution in [-0.2, 0) is 11.2 Å². The van der Waals surface area contributed by atoms with E-state index in [1.54, 1.807) is 6.07 Å². The van der Waals surface area contributed by atoms with Crippen molar-refractivity contribution in [2.45, 2.75) is 38.8 Å². The summed E-state index contributed by atoms with van der Waals surface area (Å²) in [6.45, 7) is 3.33. The predicted molar refractivity (Wildman–Crippen MR) is 116 cm³/mol. The number of nitrogens with one attached hydrogen (secondary N) is 1. The highest BCUT2D eigenvalue weighted by atomic mass is 35.5. The second kappa shape index (κ2) is 10.6. The molecule has 8 nitrogen and oxygen atoms in total. The first-order chi connectivity index (χ1) is 14.7. The summed E-state index contributed by atoms with van der Waals surface area (Å²) >= 11 is 6.33. The molecule has 0 aromatic heterocycles. The van der Waals surface area contributed by atoms with Crippen molar-refractivity contribution in [3.63, 3.8) is 0 Å². The average molecular weight is 440 g/mol. The Kier molecular flexibility index (Phi) is 8.12. The minimum absolute atomic E-state index is 0.118. The summed E-state index contributed by atoms with van der Waals surface area (Å²) < 4.78 is 0. The number of carbonyl (C=O) groups excluding carboxylic acids is 2. The number of halogens is 1. The SMILES string of the molecule is CCCc1c(NC(C(=O)N(N)C(=O)c2ccc(C#N)cc2)C(C)O)ccc(C#N)c1Cl. The summed E-state index contributed by atoms with van der Waals surface area (Å²) in [5, 5.41) is 31.9. The normalized spacial score (nSPS) is 12.2. The molecule has 0 saturated carbocycles. The number of hydrogen-bond acceptors (Lipinski definition) is 7. The number of hydrazine groups is 1. The van der Waals surface area contributed by atoms with Gasteiger partial charge < -0.3 is 10.4 Å². The van der Waals surface area contributed by atoms with Gasteiger partial charge in [0.25, 0.3) is 11.8 Å². The van der Waals surface area contributed by atoms with E-state index in [1.807, 2.05) is 19.1 Å². The van der Waals surface area contributed by atoms with E-state index in [-0.39, 0.29) is 10.6 Å². The van der Waals surface area contributed by atoms with Crippen molar-refractivity contribution in [1.82, 2.24) is 5.01 Å². The smallest absolute Gasteiger partial charge is 0.274 e. The molecular formula is C22H22ClN5O3. The number of nitrogens with two attached hydrogens (primary N) is 1. The van der Waals surface area contributed by atoms with Crippen LogP contribution in [0.5, 0.6) is 0 Å². The third-order valence-corrected chi connectivity index (χ3v) is 5.07. The summed E-state index contributed by atoms with van der Waals surface area (Å²) in [4.78, 5) is 25.5. The number of imide groups is 1. The number of nitriles is 2. The molecule has 0 aliphatic carbocycles. The first-order valence-electron chi connectivity index (χ1n) is 9.54. The number of aliphatic hydroxyl groups is 1. The van der Waals surface area contributed by atoms with E-state index in [9.17, 15) is 20.0 Å². The molecule has 2 aromatic rings. The van der Waals surface area contributed by atoms with E-state index in [4.69, 9.17) is 22.7 Å². The van der Waals surface area contributed by atoms with Gasteiger partial charge in [0.15, 0.2) is 0 Å². The highest BCUT2D eigenvalue weighted by Crippen LogP contribution is 2.30. The van der Waals surface area contributed by atoms with Gasteiger partial charge in [-0.2, -0.15) is 10.5 Å². The number of nitrogens with zero attached hydrogens (tertiary/aromatic N) is 3. The van der Waals surface area contributed by atoms with E-state index in [0.717, 1.165) is 6.42 Å². The lowest BCUT2D eigenvalue weighted by Gasteiger charge is -2.27. The second-order valence-electron chi connectivity index (χ2n) is 6.88. The highest BCUT2D eigenvalue weighted by molar-refractivity contribution is 6.33. The fourth-order valence-corrected chi connectivity index (χ4v) is 3.27. The molecular weight excluding hydrogens is 418 g/mol. The molecule has 0 fully saturated rings. The molecule has 2 rings (SSSR count). The monoisotopic (exact) mass is 439 g/mol. The third kappa shape index (κ3) is 5.39. The van der Waals surface area contributed by atoms with E-state index < -0.39 is 24.0 Å². The van der Waals surface area contributed by atoms with Crippen molar-refractivity contribution < 1.29 is 14.7 Å². The summed E-state index contributed by atoms with van der Waals surface area (Å²) in [5.74, 6) is 4.14. The van der Waals surface area contributed by atoms with Crippen LogP contribution in [0.3, 0.4) is 0 Å². The van der Waals surface area contributed by atoms with Gasteiger partial charge in [0.2, 0.25) is 0 Å². The fraction of sp³-hybridized carbons (Fsp3) is 0.273. The second-order valence-corrected chi connectivity index (χ2v) is 7.26. The predicted octanol–water partition coefficient (Wildman–Crippen LogP) is 2.74. The molecule has 2 amide bonds. The molecule has 160 valence electrons. The number of aliphatic hydroxyl groups excluding tert-OH is 1. The van der Waals surface area contributed by atoms with Gasteiger partial charge >= 0.3 is 0 Å². The van der Waals surface area contributed by atoms with Crippen LogP contribution < -0.4 is 11.2 Å². The Hall–Kier alpha value is -3.43. The molecule has 2 atom stereocenters. The van der Waals surface area contributed by atoms with Crippen molar-refractivity contribution in [2.75, 3.05) is 5.32 Å². The molecule has 0 radical (unpaired) electrons. The maximum absolute atomic E-state index is 12.9. The molecule has 0 spiro atoms. The quantitative estimate of drug-likeness (QED) is 0.342. The van der Waals surface area contributed by atoms with Gasteiger partial charge in [0.05, 0.1) is 28.3 Å². The molecule has 2 aromatic carbocycles. The maximum atomic E-state index is 12.9. The molecule has 4 N–H and O–H groups in total. The standard InChI is InChI=1S/C22H22ClN5O3/c1-3-4-17-18(10-9-16(12-25)19(17)23)27-20(13(2)29)22(31)28(26)21(30)15-7-5-14(11-24)6-8-15/h5-10,13,20,27,29H,3-4,26H2,1-2H3. The topological polar surface area (TPSA) is 143 Å². The van der Waals surface area contributed by atoms with Crippen molar-refractivity contribution in [3.8, 4) is 12.1 Å². The molecule has 0 heterocycles. The average Bonchev–Trinajstić information content (AvgIpc) is 2.77. The van der Waals surface area contributed by atoms with E-state index in [0.29, 0.717) is 33.8 Å². The largest absolute Gasteiger partial charge is 0.391 e. The lowest BCUT2D eigenvalue weighted by Crippen LogP contribution is -2.53. The number of benzene rings is 2. The van der Waals surface area contributed by atoms with Crippen LogP contribution in [0, 0.1) is 22.7 Å². The molecule has 9 heteroatoms. The van der Waals surface area contributed by atoms with Gasteiger partial charge in [-0.25, -0.2) is 10.9 Å².